The summed E-state index contributed by atoms with van der Waals surface area (Å²) in [6.07, 6.45) is 3.65. The van der Waals surface area contributed by atoms with E-state index in [2.05, 4.69) is 25.9 Å². The highest BCUT2D eigenvalue weighted by Gasteiger charge is 2.33. The average Bonchev–Trinajstić information content (AvgIpc) is 3.35. The first-order chi connectivity index (χ1) is 12.5. The molecule has 0 spiro atoms. The minimum absolute atomic E-state index is 0.0220. The van der Waals surface area contributed by atoms with E-state index >= 15 is 0 Å². The van der Waals surface area contributed by atoms with Gasteiger partial charge in [0, 0.05) is 31.1 Å². The summed E-state index contributed by atoms with van der Waals surface area (Å²) in [5, 5.41) is 8.10. The fourth-order valence-corrected chi connectivity index (χ4v) is 3.42. The fourth-order valence-electron chi connectivity index (χ4n) is 3.42. The maximum atomic E-state index is 12.6. The summed E-state index contributed by atoms with van der Waals surface area (Å²) < 4.78 is 0. The molecule has 1 saturated heterocycles. The topological polar surface area (TPSA) is 116 Å². The maximum Gasteiger partial charge on any atom is 0.322 e. The van der Waals surface area contributed by atoms with Gasteiger partial charge in [-0.25, -0.2) is 14.8 Å². The molecular formula is C17H22N6O3. The molecule has 138 valence electrons. The zero-order chi connectivity index (χ0) is 18.3. The summed E-state index contributed by atoms with van der Waals surface area (Å²) in [6, 6.07) is -0.828. The Kier molecular flexibility index (Phi) is 4.21. The molecule has 0 bridgehead atoms. The van der Waals surface area contributed by atoms with Gasteiger partial charge < -0.3 is 15.5 Å². The second-order valence-corrected chi connectivity index (χ2v) is 7.06. The first-order valence-corrected chi connectivity index (χ1v) is 9.01. The smallest absolute Gasteiger partial charge is 0.322 e. The Morgan fingerprint density at radius 3 is 2.69 bits per heavy atom. The molecule has 4 amide bonds. The first-order valence-electron chi connectivity index (χ1n) is 9.01. The highest BCUT2D eigenvalue weighted by atomic mass is 16.2. The summed E-state index contributed by atoms with van der Waals surface area (Å²) in [5.74, 6) is 1.05. The molecule has 0 radical (unpaired) electrons. The van der Waals surface area contributed by atoms with Crippen molar-refractivity contribution in [3.05, 3.63) is 17.1 Å². The quantitative estimate of drug-likeness (QED) is 0.647. The van der Waals surface area contributed by atoms with E-state index in [1.165, 1.54) is 0 Å². The molecule has 3 aliphatic rings. The lowest BCUT2D eigenvalue weighted by Crippen LogP contribution is -2.40. The van der Waals surface area contributed by atoms with Gasteiger partial charge in [0.15, 0.2) is 0 Å². The average molecular weight is 358 g/mol. The van der Waals surface area contributed by atoms with Crippen LogP contribution in [0.3, 0.4) is 0 Å². The number of urea groups is 1. The van der Waals surface area contributed by atoms with Crippen molar-refractivity contribution in [2.45, 2.75) is 51.1 Å². The van der Waals surface area contributed by atoms with Crippen molar-refractivity contribution in [2.75, 3.05) is 18.4 Å². The number of carbonyl (C=O) groups is 3. The summed E-state index contributed by atoms with van der Waals surface area (Å²) in [6.45, 7) is 2.99. The van der Waals surface area contributed by atoms with Gasteiger partial charge in [0.25, 0.3) is 5.91 Å². The minimum atomic E-state index is -0.783. The summed E-state index contributed by atoms with van der Waals surface area (Å²) >= 11 is 0. The van der Waals surface area contributed by atoms with E-state index in [1.54, 1.807) is 4.90 Å². The molecule has 26 heavy (non-hydrogen) atoms. The zero-order valence-electron chi connectivity index (χ0n) is 14.7. The molecule has 0 aromatic carbocycles. The minimum Gasteiger partial charge on any atom is -0.367 e. The number of aromatic nitrogens is 2. The number of hydrogen-bond donors (Lipinski definition) is 3. The van der Waals surface area contributed by atoms with Crippen LogP contribution in [0.5, 0.6) is 0 Å². The number of aryl methyl sites for hydroxylation is 1. The van der Waals surface area contributed by atoms with Gasteiger partial charge in [0.2, 0.25) is 5.91 Å². The van der Waals surface area contributed by atoms with Crippen molar-refractivity contribution in [1.29, 1.82) is 0 Å². The van der Waals surface area contributed by atoms with Crippen LogP contribution in [0.25, 0.3) is 0 Å². The van der Waals surface area contributed by atoms with E-state index in [9.17, 15) is 14.4 Å². The summed E-state index contributed by atoms with van der Waals surface area (Å²) in [4.78, 5) is 46.3. The highest BCUT2D eigenvalue weighted by molar-refractivity contribution is 6.05. The van der Waals surface area contributed by atoms with Crippen molar-refractivity contribution in [3.8, 4) is 0 Å². The second-order valence-electron chi connectivity index (χ2n) is 7.06. The third-order valence-corrected chi connectivity index (χ3v) is 4.96. The maximum absolute atomic E-state index is 12.6. The molecule has 2 fully saturated rings. The van der Waals surface area contributed by atoms with Gasteiger partial charge in [0.1, 0.15) is 17.7 Å². The van der Waals surface area contributed by atoms with Gasteiger partial charge in [-0.3, -0.25) is 14.9 Å². The molecule has 1 aliphatic carbocycles. The van der Waals surface area contributed by atoms with E-state index in [4.69, 9.17) is 0 Å². The van der Waals surface area contributed by atoms with E-state index in [0.717, 1.165) is 35.7 Å². The van der Waals surface area contributed by atoms with E-state index < -0.39 is 18.0 Å². The Balaban J connectivity index is 1.45. The van der Waals surface area contributed by atoms with Gasteiger partial charge in [0.05, 0.1) is 12.1 Å². The first kappa shape index (κ1) is 16.7. The van der Waals surface area contributed by atoms with Crippen molar-refractivity contribution in [3.63, 3.8) is 0 Å². The predicted octanol–water partition coefficient (Wildman–Crippen LogP) is -0.115. The zero-order valence-corrected chi connectivity index (χ0v) is 14.7. The monoisotopic (exact) mass is 358 g/mol. The van der Waals surface area contributed by atoms with Crippen LogP contribution >= 0.6 is 0 Å². The number of rotatable bonds is 4. The molecule has 3 heterocycles. The van der Waals surface area contributed by atoms with Crippen LogP contribution in [0, 0.1) is 6.92 Å². The Bertz CT molecular complexity index is 776. The highest BCUT2D eigenvalue weighted by Crippen LogP contribution is 2.28. The normalized spacial score (nSPS) is 22.3. The molecule has 1 aromatic rings. The Morgan fingerprint density at radius 1 is 1.23 bits per heavy atom. The number of hydrogen-bond acceptors (Lipinski definition) is 6. The van der Waals surface area contributed by atoms with E-state index in [-0.39, 0.29) is 12.3 Å². The van der Waals surface area contributed by atoms with Crippen LogP contribution in [0.2, 0.25) is 0 Å². The van der Waals surface area contributed by atoms with Crippen LogP contribution in [-0.2, 0) is 22.4 Å². The number of amides is 4. The molecule has 1 atom stereocenters. The van der Waals surface area contributed by atoms with Crippen LogP contribution < -0.4 is 16.0 Å². The fraction of sp³-hybridized carbons (Fsp3) is 0.588. The number of nitrogens with one attached hydrogen (secondary N) is 3. The molecule has 2 aliphatic heterocycles. The standard InChI is InChI=1S/C17H22N6O3/c1-9-18-12-5-7-23(14(24)8-13-16(25)22-17(26)21-13)6-4-11(12)15(19-9)20-10-2-3-10/h10,13H,2-8H2,1H3,(H,18,19,20)(H2,21,22,25,26)/t13-/m1/s1. The van der Waals surface area contributed by atoms with Gasteiger partial charge >= 0.3 is 6.03 Å². The number of fused-ring (bicyclic) bond motifs is 1. The number of imide groups is 1. The number of carbonyl (C=O) groups excluding carboxylic acids is 3. The van der Waals surface area contributed by atoms with Crippen molar-refractivity contribution < 1.29 is 14.4 Å². The third-order valence-electron chi connectivity index (χ3n) is 4.96. The van der Waals surface area contributed by atoms with Gasteiger partial charge in [-0.2, -0.15) is 0 Å². The lowest BCUT2D eigenvalue weighted by molar-refractivity contribution is -0.133. The van der Waals surface area contributed by atoms with Crippen molar-refractivity contribution >= 4 is 23.7 Å². The van der Waals surface area contributed by atoms with Crippen molar-refractivity contribution in [1.82, 2.24) is 25.5 Å². The summed E-state index contributed by atoms with van der Waals surface area (Å²) in [5.41, 5.74) is 2.08. The molecule has 4 rings (SSSR count). The Labute approximate surface area is 150 Å². The molecule has 1 saturated carbocycles. The second kappa shape index (κ2) is 6.54. The molecular weight excluding hydrogens is 336 g/mol. The largest absolute Gasteiger partial charge is 0.367 e. The van der Waals surface area contributed by atoms with Crippen LogP contribution in [-0.4, -0.2) is 57.9 Å². The predicted molar refractivity (Wildman–Crippen MR) is 92.5 cm³/mol. The van der Waals surface area contributed by atoms with Crippen LogP contribution in [0.4, 0.5) is 10.6 Å². The molecule has 9 nitrogen and oxygen atoms in total. The van der Waals surface area contributed by atoms with Crippen LogP contribution in [0.15, 0.2) is 0 Å². The lowest BCUT2D eigenvalue weighted by atomic mass is 10.1. The van der Waals surface area contributed by atoms with Crippen LogP contribution in [0.1, 0.15) is 36.3 Å². The van der Waals surface area contributed by atoms with E-state index in [1.807, 2.05) is 6.92 Å². The summed E-state index contributed by atoms with van der Waals surface area (Å²) in [7, 11) is 0. The Hall–Kier alpha value is -2.71. The lowest BCUT2D eigenvalue weighted by Gasteiger charge is -2.21. The van der Waals surface area contributed by atoms with Gasteiger partial charge in [-0.15, -0.1) is 0 Å². The SMILES string of the molecule is Cc1nc2c(c(NC3CC3)n1)CCN(C(=O)C[C@H]1NC(=O)NC1=O)CC2. The molecule has 3 N–H and O–H groups in total. The van der Waals surface area contributed by atoms with E-state index in [0.29, 0.717) is 32.0 Å². The van der Waals surface area contributed by atoms with Gasteiger partial charge in [-0.05, 0) is 26.2 Å². The molecule has 1 aromatic heterocycles. The molecule has 9 heteroatoms. The number of anilines is 1. The van der Waals surface area contributed by atoms with Crippen molar-refractivity contribution in [2.24, 2.45) is 0 Å². The molecule has 0 unspecified atom stereocenters. The third kappa shape index (κ3) is 3.47. The van der Waals surface area contributed by atoms with Gasteiger partial charge in [-0.1, -0.05) is 0 Å². The Morgan fingerprint density at radius 2 is 2.00 bits per heavy atom. The number of nitrogens with zero attached hydrogens (tertiary/aromatic N) is 3.